The molecule has 0 fully saturated rings. The SMILES string of the molecule is CCC(=O)NCC(=O)NCCNC(=O)c1ccc(Cl)c(Cl)c1. The van der Waals surface area contributed by atoms with E-state index in [0.717, 1.165) is 0 Å². The van der Waals surface area contributed by atoms with Gasteiger partial charge in [-0.1, -0.05) is 30.1 Å². The van der Waals surface area contributed by atoms with Crippen LogP contribution >= 0.6 is 23.2 Å². The van der Waals surface area contributed by atoms with Crippen molar-refractivity contribution in [1.82, 2.24) is 16.0 Å². The molecule has 0 spiro atoms. The number of nitrogens with one attached hydrogen (secondary N) is 3. The fourth-order valence-electron chi connectivity index (χ4n) is 1.48. The summed E-state index contributed by atoms with van der Waals surface area (Å²) in [6.45, 7) is 2.14. The maximum absolute atomic E-state index is 11.8. The average molecular weight is 346 g/mol. The van der Waals surface area contributed by atoms with Crippen molar-refractivity contribution in [2.75, 3.05) is 19.6 Å². The highest BCUT2D eigenvalue weighted by Crippen LogP contribution is 2.22. The van der Waals surface area contributed by atoms with Crippen molar-refractivity contribution in [3.8, 4) is 0 Å². The molecule has 120 valence electrons. The predicted octanol–water partition coefficient (Wildman–Crippen LogP) is 1.37. The van der Waals surface area contributed by atoms with E-state index in [4.69, 9.17) is 23.2 Å². The van der Waals surface area contributed by atoms with Gasteiger partial charge in [-0.25, -0.2) is 0 Å². The summed E-state index contributed by atoms with van der Waals surface area (Å²) in [6.07, 6.45) is 0.326. The Hall–Kier alpha value is -1.79. The zero-order valence-corrected chi connectivity index (χ0v) is 13.6. The van der Waals surface area contributed by atoms with Gasteiger partial charge < -0.3 is 16.0 Å². The highest BCUT2D eigenvalue weighted by Gasteiger charge is 2.08. The van der Waals surface area contributed by atoms with Gasteiger partial charge in [0, 0.05) is 25.1 Å². The Labute approximate surface area is 138 Å². The minimum absolute atomic E-state index is 0.0760. The lowest BCUT2D eigenvalue weighted by atomic mass is 10.2. The first-order valence-electron chi connectivity index (χ1n) is 6.70. The molecule has 22 heavy (non-hydrogen) atoms. The summed E-state index contributed by atoms with van der Waals surface area (Å²) in [7, 11) is 0. The number of hydrogen-bond acceptors (Lipinski definition) is 3. The summed E-state index contributed by atoms with van der Waals surface area (Å²) < 4.78 is 0. The Morgan fingerprint density at radius 3 is 2.27 bits per heavy atom. The number of rotatable bonds is 7. The van der Waals surface area contributed by atoms with E-state index in [0.29, 0.717) is 22.0 Å². The van der Waals surface area contributed by atoms with E-state index in [1.165, 1.54) is 12.1 Å². The Morgan fingerprint density at radius 2 is 1.64 bits per heavy atom. The molecule has 6 nitrogen and oxygen atoms in total. The van der Waals surface area contributed by atoms with Crippen molar-refractivity contribution < 1.29 is 14.4 Å². The fraction of sp³-hybridized carbons (Fsp3) is 0.357. The number of benzene rings is 1. The second kappa shape index (κ2) is 9.27. The van der Waals surface area contributed by atoms with E-state index >= 15 is 0 Å². The molecule has 1 aromatic rings. The Balaban J connectivity index is 2.26. The molecule has 0 aliphatic carbocycles. The van der Waals surface area contributed by atoms with Crippen LogP contribution in [0.15, 0.2) is 18.2 Å². The van der Waals surface area contributed by atoms with Crippen LogP contribution < -0.4 is 16.0 Å². The third-order valence-corrected chi connectivity index (χ3v) is 3.42. The number of amides is 3. The summed E-state index contributed by atoms with van der Waals surface area (Å²) in [5.41, 5.74) is 0.385. The van der Waals surface area contributed by atoms with Crippen molar-refractivity contribution in [1.29, 1.82) is 0 Å². The third kappa shape index (κ3) is 6.32. The van der Waals surface area contributed by atoms with Gasteiger partial charge in [-0.15, -0.1) is 0 Å². The van der Waals surface area contributed by atoms with E-state index in [1.54, 1.807) is 13.0 Å². The molecule has 8 heteroatoms. The molecular formula is C14H17Cl2N3O3. The quantitative estimate of drug-likeness (QED) is 0.652. The maximum Gasteiger partial charge on any atom is 0.251 e. The maximum atomic E-state index is 11.8. The van der Waals surface area contributed by atoms with Gasteiger partial charge in [0.2, 0.25) is 11.8 Å². The van der Waals surface area contributed by atoms with Crippen LogP contribution in [0.1, 0.15) is 23.7 Å². The predicted molar refractivity (Wildman–Crippen MR) is 85.1 cm³/mol. The van der Waals surface area contributed by atoms with Crippen LogP contribution in [0.2, 0.25) is 10.0 Å². The average Bonchev–Trinajstić information content (AvgIpc) is 2.51. The Morgan fingerprint density at radius 1 is 0.955 bits per heavy atom. The smallest absolute Gasteiger partial charge is 0.251 e. The van der Waals surface area contributed by atoms with Crippen molar-refractivity contribution in [3.05, 3.63) is 33.8 Å². The van der Waals surface area contributed by atoms with Gasteiger partial charge in [0.05, 0.1) is 16.6 Å². The van der Waals surface area contributed by atoms with Crippen LogP contribution in [0, 0.1) is 0 Å². The number of carbonyl (C=O) groups excluding carboxylic acids is 3. The first-order chi connectivity index (χ1) is 10.4. The lowest BCUT2D eigenvalue weighted by Gasteiger charge is -2.08. The van der Waals surface area contributed by atoms with Crippen molar-refractivity contribution >= 4 is 40.9 Å². The van der Waals surface area contributed by atoms with Crippen LogP contribution in [0.25, 0.3) is 0 Å². The fourth-order valence-corrected chi connectivity index (χ4v) is 1.78. The normalized spacial score (nSPS) is 9.95. The molecule has 0 heterocycles. The summed E-state index contributed by atoms with van der Waals surface area (Å²) in [5, 5.41) is 8.34. The molecule has 0 aliphatic rings. The zero-order valence-electron chi connectivity index (χ0n) is 12.0. The first-order valence-corrected chi connectivity index (χ1v) is 7.46. The van der Waals surface area contributed by atoms with Crippen molar-refractivity contribution in [2.24, 2.45) is 0 Å². The molecular weight excluding hydrogens is 329 g/mol. The summed E-state index contributed by atoms with van der Waals surface area (Å²) in [6, 6.07) is 4.57. The molecule has 1 rings (SSSR count). The third-order valence-electron chi connectivity index (χ3n) is 2.68. The highest BCUT2D eigenvalue weighted by molar-refractivity contribution is 6.42. The van der Waals surface area contributed by atoms with Crippen LogP contribution in [0.3, 0.4) is 0 Å². The zero-order chi connectivity index (χ0) is 16.5. The van der Waals surface area contributed by atoms with Crippen LogP contribution in [-0.4, -0.2) is 37.4 Å². The minimum atomic E-state index is -0.314. The summed E-state index contributed by atoms with van der Waals surface area (Å²) >= 11 is 11.6. The molecule has 3 amide bonds. The highest BCUT2D eigenvalue weighted by atomic mass is 35.5. The Kier molecular flexibility index (Phi) is 7.70. The van der Waals surface area contributed by atoms with Gasteiger partial charge in [-0.3, -0.25) is 14.4 Å². The van der Waals surface area contributed by atoms with Gasteiger partial charge in [0.1, 0.15) is 0 Å². The Bertz CT molecular complexity index is 564. The molecule has 0 saturated heterocycles. The monoisotopic (exact) mass is 345 g/mol. The molecule has 3 N–H and O–H groups in total. The van der Waals surface area contributed by atoms with Gasteiger partial charge in [0.25, 0.3) is 5.91 Å². The molecule has 0 aromatic heterocycles. The number of carbonyl (C=O) groups is 3. The largest absolute Gasteiger partial charge is 0.353 e. The molecule has 0 radical (unpaired) electrons. The van der Waals surface area contributed by atoms with Gasteiger partial charge in [-0.05, 0) is 18.2 Å². The summed E-state index contributed by atoms with van der Waals surface area (Å²) in [4.78, 5) is 34.2. The first kappa shape index (κ1) is 18.3. The lowest BCUT2D eigenvalue weighted by Crippen LogP contribution is -2.40. The topological polar surface area (TPSA) is 87.3 Å². The van der Waals surface area contributed by atoms with E-state index in [1.807, 2.05) is 0 Å². The molecule has 0 saturated carbocycles. The summed E-state index contributed by atoms with van der Waals surface area (Å²) in [5.74, 6) is -0.819. The molecule has 0 aliphatic heterocycles. The number of hydrogen-bond donors (Lipinski definition) is 3. The van der Waals surface area contributed by atoms with Crippen molar-refractivity contribution in [2.45, 2.75) is 13.3 Å². The second-order valence-electron chi connectivity index (χ2n) is 4.37. The molecule has 0 bridgehead atoms. The van der Waals surface area contributed by atoms with Crippen molar-refractivity contribution in [3.63, 3.8) is 0 Å². The molecule has 1 aromatic carbocycles. The van der Waals surface area contributed by atoms with Crippen LogP contribution in [-0.2, 0) is 9.59 Å². The van der Waals surface area contributed by atoms with Gasteiger partial charge >= 0.3 is 0 Å². The molecule has 0 unspecified atom stereocenters. The van der Waals surface area contributed by atoms with Crippen LogP contribution in [0.4, 0.5) is 0 Å². The van der Waals surface area contributed by atoms with Crippen LogP contribution in [0.5, 0.6) is 0 Å². The van der Waals surface area contributed by atoms with E-state index in [9.17, 15) is 14.4 Å². The lowest BCUT2D eigenvalue weighted by molar-refractivity contribution is -0.125. The van der Waals surface area contributed by atoms with E-state index in [2.05, 4.69) is 16.0 Å². The van der Waals surface area contributed by atoms with Gasteiger partial charge in [-0.2, -0.15) is 0 Å². The minimum Gasteiger partial charge on any atom is -0.353 e. The number of halogens is 2. The molecule has 0 atom stereocenters. The second-order valence-corrected chi connectivity index (χ2v) is 5.18. The van der Waals surface area contributed by atoms with E-state index in [-0.39, 0.29) is 37.4 Å². The standard InChI is InChI=1S/C14H17Cl2N3O3/c1-2-12(20)19-8-13(21)17-5-6-18-14(22)9-3-4-10(15)11(16)7-9/h3-4,7H,2,5-6,8H2,1H3,(H,17,21)(H,18,22)(H,19,20). The van der Waals surface area contributed by atoms with E-state index < -0.39 is 0 Å². The van der Waals surface area contributed by atoms with Gasteiger partial charge in [0.15, 0.2) is 0 Å².